The first-order chi connectivity index (χ1) is 21.2. The lowest BCUT2D eigenvalue weighted by Crippen LogP contribution is -2.29. The molecule has 0 saturated carbocycles. The number of aliphatic hydroxyl groups excluding tert-OH is 1. The summed E-state index contributed by atoms with van der Waals surface area (Å²) in [4.78, 5) is 46.0. The molecule has 11 heteroatoms. The molecule has 1 aromatic heterocycles. The number of carbonyl (C=O) groups is 3. The number of benzene rings is 2. The minimum atomic E-state index is -1.10. The van der Waals surface area contributed by atoms with E-state index >= 15 is 0 Å². The van der Waals surface area contributed by atoms with Crippen LogP contribution in [0, 0.1) is 6.92 Å². The summed E-state index contributed by atoms with van der Waals surface area (Å²) in [5.74, 6) is -1.25. The Bertz CT molecular complexity index is 1690. The van der Waals surface area contributed by atoms with Gasteiger partial charge in [-0.05, 0) is 62.2 Å². The maximum atomic E-state index is 13.7. The number of aryl methyl sites for hydroxylation is 1. The Hall–Kier alpha value is -4.90. The van der Waals surface area contributed by atoms with E-state index in [1.807, 2.05) is 13.8 Å². The minimum absolute atomic E-state index is 0.00109. The first-order valence-corrected chi connectivity index (χ1v) is 14.9. The smallest absolute Gasteiger partial charge is 0.350 e. The number of carbonyl (C=O) groups excluding carboxylic acids is 3. The van der Waals surface area contributed by atoms with Gasteiger partial charge in [-0.15, -0.1) is 0 Å². The quantitative estimate of drug-likeness (QED) is 0.0949. The highest BCUT2D eigenvalue weighted by Crippen LogP contribution is 2.46. The van der Waals surface area contributed by atoms with Crippen LogP contribution in [0.25, 0.3) is 5.76 Å². The molecule has 0 radical (unpaired) electrons. The van der Waals surface area contributed by atoms with Crippen LogP contribution in [-0.4, -0.2) is 53.7 Å². The van der Waals surface area contributed by atoms with Gasteiger partial charge in [0.25, 0.3) is 5.78 Å². The highest BCUT2D eigenvalue weighted by atomic mass is 32.1. The largest absolute Gasteiger partial charge is 0.507 e. The molecular formula is C33H32N2O8S. The standard InChI is InChI=1S/C33H32N2O8S/c1-6-13-41-24-12-9-20(17-25(24)40-8-3)27-26(28(36)21-10-11-23-22(16-21)15-18(4)43-23)29(37)31(38)35(27)33-34-19(5)30(44-33)32(39)42-14-7-2/h6-7,9-12,16-18,27,36H,1-2,8,13-15H2,3-5H3/b28-26-. The van der Waals surface area contributed by atoms with Crippen molar-refractivity contribution in [2.75, 3.05) is 24.7 Å². The van der Waals surface area contributed by atoms with Crippen molar-refractivity contribution in [2.45, 2.75) is 39.3 Å². The van der Waals surface area contributed by atoms with Crippen LogP contribution >= 0.6 is 11.3 Å². The zero-order chi connectivity index (χ0) is 31.5. The first-order valence-electron chi connectivity index (χ1n) is 14.0. The molecule has 44 heavy (non-hydrogen) atoms. The molecule has 10 nitrogen and oxygen atoms in total. The number of Topliss-reactive ketones (excluding diaryl/α,β-unsaturated/α-hetero) is 1. The number of aliphatic hydroxyl groups is 1. The maximum Gasteiger partial charge on any atom is 0.350 e. The Balaban J connectivity index is 1.68. The van der Waals surface area contributed by atoms with Gasteiger partial charge >= 0.3 is 11.9 Å². The van der Waals surface area contributed by atoms with E-state index in [0.29, 0.717) is 47.1 Å². The van der Waals surface area contributed by atoms with Gasteiger partial charge in [-0.25, -0.2) is 9.78 Å². The number of amides is 1. The fourth-order valence-electron chi connectivity index (χ4n) is 5.18. The third-order valence-electron chi connectivity index (χ3n) is 7.06. The summed E-state index contributed by atoms with van der Waals surface area (Å²) in [5.41, 5.74) is 1.91. The monoisotopic (exact) mass is 616 g/mol. The van der Waals surface area contributed by atoms with Crippen LogP contribution in [0.2, 0.25) is 0 Å². The highest BCUT2D eigenvalue weighted by molar-refractivity contribution is 7.17. The number of fused-ring (bicyclic) bond motifs is 1. The number of ketones is 1. The molecule has 2 aliphatic rings. The number of hydrogen-bond donors (Lipinski definition) is 1. The lowest BCUT2D eigenvalue weighted by Gasteiger charge is -2.24. The van der Waals surface area contributed by atoms with Gasteiger partial charge in [0, 0.05) is 12.0 Å². The van der Waals surface area contributed by atoms with E-state index in [0.717, 1.165) is 16.9 Å². The van der Waals surface area contributed by atoms with Gasteiger partial charge < -0.3 is 24.1 Å². The molecule has 2 aliphatic heterocycles. The van der Waals surface area contributed by atoms with E-state index < -0.39 is 23.7 Å². The number of anilines is 1. The van der Waals surface area contributed by atoms with E-state index in [2.05, 4.69) is 18.1 Å². The van der Waals surface area contributed by atoms with Crippen LogP contribution < -0.4 is 19.1 Å². The van der Waals surface area contributed by atoms with Crippen molar-refractivity contribution in [3.8, 4) is 17.2 Å². The lowest BCUT2D eigenvalue weighted by molar-refractivity contribution is -0.132. The third-order valence-corrected chi connectivity index (χ3v) is 8.20. The predicted molar refractivity (Wildman–Crippen MR) is 166 cm³/mol. The number of rotatable bonds is 11. The molecule has 2 atom stereocenters. The van der Waals surface area contributed by atoms with E-state index in [-0.39, 0.29) is 40.7 Å². The van der Waals surface area contributed by atoms with Gasteiger partial charge in [0.2, 0.25) is 0 Å². The van der Waals surface area contributed by atoms with Gasteiger partial charge in [0.1, 0.15) is 35.7 Å². The van der Waals surface area contributed by atoms with E-state index in [4.69, 9.17) is 18.9 Å². The average molecular weight is 617 g/mol. The van der Waals surface area contributed by atoms with Crippen LogP contribution in [0.1, 0.15) is 51.9 Å². The van der Waals surface area contributed by atoms with Crippen molar-refractivity contribution in [1.82, 2.24) is 4.98 Å². The Morgan fingerprint density at radius 1 is 1.14 bits per heavy atom. The topological polar surface area (TPSA) is 124 Å². The van der Waals surface area contributed by atoms with Crippen molar-refractivity contribution in [3.05, 3.63) is 94.5 Å². The SMILES string of the molecule is C=CCOC(=O)c1sc(N2C(=O)C(=O)/C(=C(\O)c3ccc4c(c3)CC(C)O4)C2c2ccc(OCC=C)c(OCC)c2)nc1C. The summed E-state index contributed by atoms with van der Waals surface area (Å²) in [7, 11) is 0. The molecule has 0 aliphatic carbocycles. The molecule has 2 unspecified atom stereocenters. The Morgan fingerprint density at radius 2 is 1.91 bits per heavy atom. The summed E-state index contributed by atoms with van der Waals surface area (Å²) in [6.45, 7) is 13.2. The maximum absolute atomic E-state index is 13.7. The fourth-order valence-corrected chi connectivity index (χ4v) is 6.16. The molecule has 0 spiro atoms. The van der Waals surface area contributed by atoms with Gasteiger partial charge in [0.15, 0.2) is 16.6 Å². The number of nitrogens with zero attached hydrogens (tertiary/aromatic N) is 2. The second-order valence-electron chi connectivity index (χ2n) is 10.2. The Morgan fingerprint density at radius 3 is 2.64 bits per heavy atom. The molecule has 1 saturated heterocycles. The number of esters is 1. The molecule has 1 fully saturated rings. The third kappa shape index (κ3) is 5.70. The summed E-state index contributed by atoms with van der Waals surface area (Å²) in [6.07, 6.45) is 3.66. The zero-order valence-corrected chi connectivity index (χ0v) is 25.4. The zero-order valence-electron chi connectivity index (χ0n) is 24.6. The molecule has 0 bridgehead atoms. The highest BCUT2D eigenvalue weighted by Gasteiger charge is 2.49. The second-order valence-corrected chi connectivity index (χ2v) is 11.1. The molecular weight excluding hydrogens is 584 g/mol. The molecule has 2 aromatic carbocycles. The Kier molecular flexibility index (Phi) is 8.86. The number of thiazole rings is 1. The van der Waals surface area contributed by atoms with Crippen LogP contribution in [0.4, 0.5) is 5.13 Å². The van der Waals surface area contributed by atoms with Crippen molar-refractivity contribution in [2.24, 2.45) is 0 Å². The first kappa shape index (κ1) is 30.6. The molecule has 228 valence electrons. The van der Waals surface area contributed by atoms with E-state index in [1.54, 1.807) is 49.4 Å². The summed E-state index contributed by atoms with van der Waals surface area (Å²) < 4.78 is 22.6. The molecule has 1 N–H and O–H groups in total. The summed E-state index contributed by atoms with van der Waals surface area (Å²) >= 11 is 0.919. The Labute approximate surface area is 258 Å². The average Bonchev–Trinajstić information content (AvgIpc) is 3.66. The predicted octanol–water partition coefficient (Wildman–Crippen LogP) is 5.71. The normalized spacial score (nSPS) is 18.5. The molecule has 1 amide bonds. The van der Waals surface area contributed by atoms with Gasteiger partial charge in [-0.1, -0.05) is 42.7 Å². The number of hydrogen-bond acceptors (Lipinski definition) is 10. The fraction of sp³-hybridized carbons (Fsp3) is 0.273. The lowest BCUT2D eigenvalue weighted by atomic mass is 9.94. The van der Waals surface area contributed by atoms with Gasteiger partial charge in [-0.2, -0.15) is 0 Å². The number of ether oxygens (including phenoxy) is 4. The number of aromatic nitrogens is 1. The van der Waals surface area contributed by atoms with Crippen molar-refractivity contribution in [3.63, 3.8) is 0 Å². The minimum Gasteiger partial charge on any atom is -0.507 e. The van der Waals surface area contributed by atoms with Crippen molar-refractivity contribution in [1.29, 1.82) is 0 Å². The summed E-state index contributed by atoms with van der Waals surface area (Å²) in [5, 5.41) is 11.8. The summed E-state index contributed by atoms with van der Waals surface area (Å²) in [6, 6.07) is 9.07. The van der Waals surface area contributed by atoms with Gasteiger partial charge in [0.05, 0.1) is 23.9 Å². The van der Waals surface area contributed by atoms with Crippen molar-refractivity contribution >= 4 is 39.9 Å². The van der Waals surface area contributed by atoms with Crippen LogP contribution in [-0.2, 0) is 20.7 Å². The molecule has 3 heterocycles. The second kappa shape index (κ2) is 12.8. The van der Waals surface area contributed by atoms with E-state index in [1.165, 1.54) is 11.0 Å². The van der Waals surface area contributed by atoms with Crippen LogP contribution in [0.3, 0.4) is 0 Å². The molecule has 3 aromatic rings. The van der Waals surface area contributed by atoms with Gasteiger partial charge in [-0.3, -0.25) is 14.5 Å². The molecule has 5 rings (SSSR count). The van der Waals surface area contributed by atoms with Crippen LogP contribution in [0.5, 0.6) is 17.2 Å². The van der Waals surface area contributed by atoms with Crippen molar-refractivity contribution < 1.29 is 38.4 Å². The van der Waals surface area contributed by atoms with E-state index in [9.17, 15) is 19.5 Å². The van der Waals surface area contributed by atoms with Crippen LogP contribution in [0.15, 0.2) is 67.3 Å².